The standard InChI is InChI=1S/C24H31N3O2/c1-24(2,3)25-21(28)18-26-14-16-27(17-15-26)23(29)22(19-10-6-4-7-11-19)20-12-8-5-9-13-20/h4-13,22H,14-18H2,1-3H3,(H,25,28). The van der Waals surface area contributed by atoms with Crippen LogP contribution in [0.15, 0.2) is 60.7 Å². The van der Waals surface area contributed by atoms with E-state index in [4.69, 9.17) is 0 Å². The number of amides is 2. The second-order valence-corrected chi connectivity index (χ2v) is 8.65. The number of rotatable bonds is 5. The van der Waals surface area contributed by atoms with Gasteiger partial charge in [-0.25, -0.2) is 0 Å². The smallest absolute Gasteiger partial charge is 0.234 e. The number of carbonyl (C=O) groups is 2. The van der Waals surface area contributed by atoms with Gasteiger partial charge in [0.05, 0.1) is 12.5 Å². The summed E-state index contributed by atoms with van der Waals surface area (Å²) in [6, 6.07) is 19.9. The van der Waals surface area contributed by atoms with Crippen molar-refractivity contribution in [2.45, 2.75) is 32.2 Å². The average Bonchev–Trinajstić information content (AvgIpc) is 2.69. The van der Waals surface area contributed by atoms with Crippen LogP contribution in [-0.2, 0) is 9.59 Å². The van der Waals surface area contributed by atoms with Crippen molar-refractivity contribution in [1.82, 2.24) is 15.1 Å². The molecule has 1 N–H and O–H groups in total. The van der Waals surface area contributed by atoms with Gasteiger partial charge in [0.15, 0.2) is 0 Å². The molecule has 29 heavy (non-hydrogen) atoms. The molecule has 154 valence electrons. The number of hydrogen-bond acceptors (Lipinski definition) is 3. The van der Waals surface area contributed by atoms with E-state index in [0.29, 0.717) is 32.7 Å². The van der Waals surface area contributed by atoms with E-state index < -0.39 is 0 Å². The van der Waals surface area contributed by atoms with Crippen LogP contribution in [0.5, 0.6) is 0 Å². The second-order valence-electron chi connectivity index (χ2n) is 8.65. The minimum Gasteiger partial charge on any atom is -0.350 e. The summed E-state index contributed by atoms with van der Waals surface area (Å²) < 4.78 is 0. The molecule has 1 saturated heterocycles. The summed E-state index contributed by atoms with van der Waals surface area (Å²) in [5.74, 6) is -0.141. The lowest BCUT2D eigenvalue weighted by molar-refractivity contribution is -0.134. The molecule has 0 saturated carbocycles. The largest absolute Gasteiger partial charge is 0.350 e. The van der Waals surface area contributed by atoms with Crippen molar-refractivity contribution in [3.8, 4) is 0 Å². The van der Waals surface area contributed by atoms with Crippen LogP contribution in [0.4, 0.5) is 0 Å². The highest BCUT2D eigenvalue weighted by atomic mass is 16.2. The molecule has 3 rings (SSSR count). The molecular weight excluding hydrogens is 362 g/mol. The molecule has 0 unspecified atom stereocenters. The molecule has 1 aliphatic rings. The van der Waals surface area contributed by atoms with Gasteiger partial charge in [-0.3, -0.25) is 14.5 Å². The first-order chi connectivity index (χ1) is 13.8. The fourth-order valence-electron chi connectivity index (χ4n) is 3.74. The maximum Gasteiger partial charge on any atom is 0.234 e. The Morgan fingerprint density at radius 2 is 1.34 bits per heavy atom. The van der Waals surface area contributed by atoms with Gasteiger partial charge in [0, 0.05) is 31.7 Å². The van der Waals surface area contributed by atoms with Crippen molar-refractivity contribution < 1.29 is 9.59 Å². The van der Waals surface area contributed by atoms with Gasteiger partial charge in [0.25, 0.3) is 0 Å². The van der Waals surface area contributed by atoms with Crippen molar-refractivity contribution in [2.24, 2.45) is 0 Å². The van der Waals surface area contributed by atoms with E-state index in [1.165, 1.54) is 0 Å². The Hall–Kier alpha value is -2.66. The average molecular weight is 394 g/mol. The van der Waals surface area contributed by atoms with Gasteiger partial charge in [-0.2, -0.15) is 0 Å². The van der Waals surface area contributed by atoms with Gasteiger partial charge in [-0.15, -0.1) is 0 Å². The third-order valence-electron chi connectivity index (χ3n) is 5.08. The van der Waals surface area contributed by atoms with Crippen LogP contribution in [0.2, 0.25) is 0 Å². The molecule has 5 heteroatoms. The maximum atomic E-state index is 13.4. The van der Waals surface area contributed by atoms with Crippen molar-refractivity contribution >= 4 is 11.8 Å². The zero-order chi connectivity index (χ0) is 20.9. The first-order valence-corrected chi connectivity index (χ1v) is 10.3. The normalized spacial score (nSPS) is 15.4. The summed E-state index contributed by atoms with van der Waals surface area (Å²) in [5, 5.41) is 3.00. The summed E-state index contributed by atoms with van der Waals surface area (Å²) in [6.07, 6.45) is 0. The summed E-state index contributed by atoms with van der Waals surface area (Å²) in [5.41, 5.74) is 1.79. The van der Waals surface area contributed by atoms with Gasteiger partial charge in [0.2, 0.25) is 11.8 Å². The van der Waals surface area contributed by atoms with E-state index in [2.05, 4.69) is 10.2 Å². The summed E-state index contributed by atoms with van der Waals surface area (Å²) >= 11 is 0. The molecule has 0 bridgehead atoms. The van der Waals surface area contributed by atoms with Crippen LogP contribution < -0.4 is 5.32 Å². The Balaban J connectivity index is 1.66. The predicted octanol–water partition coefficient (Wildman–Crippen LogP) is 2.88. The Kier molecular flexibility index (Phi) is 6.70. The van der Waals surface area contributed by atoms with Gasteiger partial charge in [0.1, 0.15) is 0 Å². The fourth-order valence-corrected chi connectivity index (χ4v) is 3.74. The Morgan fingerprint density at radius 1 is 0.862 bits per heavy atom. The van der Waals surface area contributed by atoms with Crippen LogP contribution in [0.25, 0.3) is 0 Å². The fraction of sp³-hybridized carbons (Fsp3) is 0.417. The number of hydrogen-bond donors (Lipinski definition) is 1. The number of nitrogens with one attached hydrogen (secondary N) is 1. The van der Waals surface area contributed by atoms with E-state index in [1.807, 2.05) is 86.3 Å². The molecule has 0 radical (unpaired) electrons. The lowest BCUT2D eigenvalue weighted by Gasteiger charge is -2.36. The van der Waals surface area contributed by atoms with Crippen LogP contribution >= 0.6 is 0 Å². The first-order valence-electron chi connectivity index (χ1n) is 10.3. The van der Waals surface area contributed by atoms with E-state index >= 15 is 0 Å². The minimum atomic E-state index is -0.298. The molecule has 5 nitrogen and oxygen atoms in total. The third kappa shape index (κ3) is 5.91. The van der Waals surface area contributed by atoms with Crippen LogP contribution in [0.3, 0.4) is 0 Å². The van der Waals surface area contributed by atoms with E-state index in [-0.39, 0.29) is 23.3 Å². The highest BCUT2D eigenvalue weighted by Gasteiger charge is 2.30. The quantitative estimate of drug-likeness (QED) is 0.850. The van der Waals surface area contributed by atoms with Crippen LogP contribution in [0, 0.1) is 0 Å². The van der Waals surface area contributed by atoms with E-state index in [1.54, 1.807) is 0 Å². The number of piperazine rings is 1. The lowest BCUT2D eigenvalue weighted by Crippen LogP contribution is -2.53. The Morgan fingerprint density at radius 3 is 1.79 bits per heavy atom. The van der Waals surface area contributed by atoms with Crippen molar-refractivity contribution in [3.05, 3.63) is 71.8 Å². The molecule has 1 heterocycles. The number of benzene rings is 2. The Labute approximate surface area is 173 Å². The van der Waals surface area contributed by atoms with E-state index in [0.717, 1.165) is 11.1 Å². The molecule has 2 aromatic rings. The van der Waals surface area contributed by atoms with E-state index in [9.17, 15) is 9.59 Å². The molecule has 0 aromatic heterocycles. The highest BCUT2D eigenvalue weighted by Crippen LogP contribution is 2.27. The minimum absolute atomic E-state index is 0.0312. The maximum absolute atomic E-state index is 13.4. The Bertz CT molecular complexity index is 768. The zero-order valence-electron chi connectivity index (χ0n) is 17.6. The number of nitrogens with zero attached hydrogens (tertiary/aromatic N) is 2. The monoisotopic (exact) mass is 393 g/mol. The summed E-state index contributed by atoms with van der Waals surface area (Å²) in [4.78, 5) is 29.7. The van der Waals surface area contributed by atoms with Crippen LogP contribution in [-0.4, -0.2) is 59.9 Å². The molecule has 0 aliphatic carbocycles. The first kappa shape index (κ1) is 21.1. The zero-order valence-corrected chi connectivity index (χ0v) is 17.6. The lowest BCUT2D eigenvalue weighted by atomic mass is 9.90. The van der Waals surface area contributed by atoms with Crippen molar-refractivity contribution in [1.29, 1.82) is 0 Å². The SMILES string of the molecule is CC(C)(C)NC(=O)CN1CCN(C(=O)C(c2ccccc2)c2ccccc2)CC1. The molecule has 0 spiro atoms. The topological polar surface area (TPSA) is 52.7 Å². The predicted molar refractivity (Wildman–Crippen MR) is 116 cm³/mol. The van der Waals surface area contributed by atoms with Gasteiger partial charge in [-0.05, 0) is 31.9 Å². The molecule has 2 amide bonds. The van der Waals surface area contributed by atoms with Crippen molar-refractivity contribution in [3.63, 3.8) is 0 Å². The van der Waals surface area contributed by atoms with Gasteiger partial charge >= 0.3 is 0 Å². The van der Waals surface area contributed by atoms with Crippen molar-refractivity contribution in [2.75, 3.05) is 32.7 Å². The van der Waals surface area contributed by atoms with Gasteiger partial charge < -0.3 is 10.2 Å². The molecule has 0 atom stereocenters. The second kappa shape index (κ2) is 9.23. The number of carbonyl (C=O) groups excluding carboxylic acids is 2. The highest BCUT2D eigenvalue weighted by molar-refractivity contribution is 5.87. The summed E-state index contributed by atoms with van der Waals surface area (Å²) in [7, 11) is 0. The summed E-state index contributed by atoms with van der Waals surface area (Å²) in [6.45, 7) is 9.01. The van der Waals surface area contributed by atoms with Gasteiger partial charge in [-0.1, -0.05) is 60.7 Å². The molecule has 1 fully saturated rings. The molecule has 2 aromatic carbocycles. The molecular formula is C24H31N3O2. The van der Waals surface area contributed by atoms with Crippen LogP contribution in [0.1, 0.15) is 37.8 Å². The molecule has 1 aliphatic heterocycles. The third-order valence-corrected chi connectivity index (χ3v) is 5.08.